The number of aryl methyl sites for hydroxylation is 1. The van der Waals surface area contributed by atoms with E-state index >= 15 is 0 Å². The molecule has 0 spiro atoms. The molecule has 0 unspecified atom stereocenters. The second-order valence-corrected chi connectivity index (χ2v) is 5.83. The van der Waals surface area contributed by atoms with Gasteiger partial charge in [-0.1, -0.05) is 0 Å². The molecule has 1 atom stereocenters. The average molecular weight is 266 g/mol. The zero-order chi connectivity index (χ0) is 13.7. The van der Waals surface area contributed by atoms with Crippen LogP contribution in [0.5, 0.6) is 0 Å². The molecule has 0 radical (unpaired) electrons. The molecule has 1 aromatic heterocycles. The van der Waals surface area contributed by atoms with Gasteiger partial charge in [0, 0.05) is 44.7 Å². The summed E-state index contributed by atoms with van der Waals surface area (Å²) in [6.07, 6.45) is 7.17. The minimum absolute atomic E-state index is 0.0228. The lowest BCUT2D eigenvalue weighted by molar-refractivity contribution is -0.0606. The van der Waals surface area contributed by atoms with Crippen molar-refractivity contribution in [2.24, 2.45) is 0 Å². The topological polar surface area (TPSA) is 36.3 Å². The molecule has 1 saturated heterocycles. The number of hydrogen-bond donors (Lipinski definition) is 0. The van der Waals surface area contributed by atoms with Gasteiger partial charge in [-0.2, -0.15) is 0 Å². The van der Waals surface area contributed by atoms with Gasteiger partial charge in [0.15, 0.2) is 0 Å². The lowest BCUT2D eigenvalue weighted by Crippen LogP contribution is -2.34. The van der Waals surface area contributed by atoms with E-state index in [0.717, 1.165) is 45.6 Å². The molecule has 2 heterocycles. The Kier molecular flexibility index (Phi) is 4.99. The third-order valence-corrected chi connectivity index (χ3v) is 3.70. The Morgan fingerprint density at radius 2 is 2.37 bits per heavy atom. The summed E-state index contributed by atoms with van der Waals surface area (Å²) in [7, 11) is 0. The van der Waals surface area contributed by atoms with Gasteiger partial charge >= 0.3 is 0 Å². The number of imidazole rings is 1. The Bertz CT molecular complexity index is 387. The third-order valence-electron chi connectivity index (χ3n) is 3.70. The minimum Gasteiger partial charge on any atom is -0.382 e. The number of ether oxygens (including phenoxy) is 2. The summed E-state index contributed by atoms with van der Waals surface area (Å²) >= 11 is 0. The van der Waals surface area contributed by atoms with Crippen molar-refractivity contribution in [1.29, 1.82) is 0 Å². The second-order valence-electron chi connectivity index (χ2n) is 5.83. The highest BCUT2D eigenvalue weighted by atomic mass is 16.5. The summed E-state index contributed by atoms with van der Waals surface area (Å²) in [4.78, 5) is 4.57. The van der Waals surface area contributed by atoms with Crippen LogP contribution >= 0.6 is 0 Å². The lowest BCUT2D eigenvalue weighted by Gasteiger charge is -2.35. The first kappa shape index (κ1) is 14.5. The molecular formula is C15H26N2O2. The van der Waals surface area contributed by atoms with Crippen molar-refractivity contribution in [1.82, 2.24) is 9.55 Å². The van der Waals surface area contributed by atoms with Gasteiger partial charge in [-0.15, -0.1) is 0 Å². The molecule has 2 rings (SSSR count). The van der Waals surface area contributed by atoms with Crippen LogP contribution in [0.2, 0.25) is 0 Å². The van der Waals surface area contributed by atoms with E-state index in [1.165, 1.54) is 5.82 Å². The van der Waals surface area contributed by atoms with E-state index in [9.17, 15) is 0 Å². The Labute approximate surface area is 116 Å². The highest BCUT2D eigenvalue weighted by Gasteiger charge is 2.31. The van der Waals surface area contributed by atoms with Gasteiger partial charge in [0.05, 0.1) is 5.60 Å². The van der Waals surface area contributed by atoms with Crippen LogP contribution in [0.25, 0.3) is 0 Å². The number of rotatable bonds is 6. The fraction of sp³-hybridized carbons (Fsp3) is 0.800. The maximum absolute atomic E-state index is 5.79. The van der Waals surface area contributed by atoms with Crippen molar-refractivity contribution in [2.75, 3.05) is 19.8 Å². The molecule has 0 saturated carbocycles. The van der Waals surface area contributed by atoms with Crippen LogP contribution in [0.1, 0.15) is 51.8 Å². The quantitative estimate of drug-likeness (QED) is 0.743. The van der Waals surface area contributed by atoms with Crippen molar-refractivity contribution in [3.8, 4) is 0 Å². The van der Waals surface area contributed by atoms with Crippen LogP contribution in [0.4, 0.5) is 0 Å². The summed E-state index contributed by atoms with van der Waals surface area (Å²) in [6.45, 7) is 9.82. The first-order valence-electron chi connectivity index (χ1n) is 7.35. The Morgan fingerprint density at radius 3 is 3.11 bits per heavy atom. The van der Waals surface area contributed by atoms with E-state index in [0.29, 0.717) is 5.92 Å². The Balaban J connectivity index is 1.94. The molecule has 1 aromatic rings. The summed E-state index contributed by atoms with van der Waals surface area (Å²) in [5.74, 6) is 1.73. The lowest BCUT2D eigenvalue weighted by atomic mass is 9.88. The van der Waals surface area contributed by atoms with Gasteiger partial charge in [0.2, 0.25) is 0 Å². The monoisotopic (exact) mass is 266 g/mol. The van der Waals surface area contributed by atoms with E-state index in [1.807, 2.05) is 13.1 Å². The van der Waals surface area contributed by atoms with Crippen molar-refractivity contribution in [3.05, 3.63) is 18.2 Å². The smallest absolute Gasteiger partial charge is 0.111 e. The van der Waals surface area contributed by atoms with Crippen LogP contribution in [0.3, 0.4) is 0 Å². The summed E-state index contributed by atoms with van der Waals surface area (Å²) in [5.41, 5.74) is -0.0228. The number of nitrogens with zero attached hydrogens (tertiary/aromatic N) is 2. The van der Waals surface area contributed by atoms with Gasteiger partial charge in [0.1, 0.15) is 5.82 Å². The summed E-state index contributed by atoms with van der Waals surface area (Å²) in [6, 6.07) is 0. The molecule has 0 bridgehead atoms. The molecule has 1 fully saturated rings. The molecule has 0 N–H and O–H groups in total. The second kappa shape index (κ2) is 6.53. The molecule has 0 aliphatic carbocycles. The zero-order valence-electron chi connectivity index (χ0n) is 12.4. The third kappa shape index (κ3) is 4.05. The first-order valence-corrected chi connectivity index (χ1v) is 7.35. The maximum atomic E-state index is 5.79. The van der Waals surface area contributed by atoms with Crippen molar-refractivity contribution >= 4 is 0 Å². The van der Waals surface area contributed by atoms with E-state index in [2.05, 4.69) is 29.6 Å². The zero-order valence-corrected chi connectivity index (χ0v) is 12.4. The summed E-state index contributed by atoms with van der Waals surface area (Å²) in [5, 5.41) is 0. The van der Waals surface area contributed by atoms with E-state index < -0.39 is 0 Å². The Morgan fingerprint density at radius 1 is 1.53 bits per heavy atom. The fourth-order valence-electron chi connectivity index (χ4n) is 2.80. The maximum Gasteiger partial charge on any atom is 0.111 e. The molecule has 108 valence electrons. The van der Waals surface area contributed by atoms with Crippen molar-refractivity contribution in [3.63, 3.8) is 0 Å². The standard InChI is InChI=1S/C15H26N2O2/c1-4-18-10-5-8-17-9-7-16-14(17)13-6-11-19-15(2,3)12-13/h7,9,13H,4-6,8,10-12H2,1-3H3/t13-/m1/s1. The average Bonchev–Trinajstić information content (AvgIpc) is 2.82. The predicted octanol–water partition coefficient (Wildman–Crippen LogP) is 2.98. The van der Waals surface area contributed by atoms with E-state index in [1.54, 1.807) is 0 Å². The van der Waals surface area contributed by atoms with Gasteiger partial charge in [-0.25, -0.2) is 4.98 Å². The van der Waals surface area contributed by atoms with Crippen LogP contribution < -0.4 is 0 Å². The van der Waals surface area contributed by atoms with E-state index in [4.69, 9.17) is 9.47 Å². The van der Waals surface area contributed by atoms with Crippen molar-refractivity contribution < 1.29 is 9.47 Å². The molecule has 1 aliphatic rings. The predicted molar refractivity (Wildman–Crippen MR) is 75.3 cm³/mol. The van der Waals surface area contributed by atoms with Crippen LogP contribution in [0.15, 0.2) is 12.4 Å². The van der Waals surface area contributed by atoms with Gasteiger partial charge in [-0.3, -0.25) is 0 Å². The first-order chi connectivity index (χ1) is 9.12. The molecule has 4 heteroatoms. The summed E-state index contributed by atoms with van der Waals surface area (Å²) < 4.78 is 13.5. The van der Waals surface area contributed by atoms with Crippen LogP contribution in [-0.4, -0.2) is 35.0 Å². The molecule has 4 nitrogen and oxygen atoms in total. The molecular weight excluding hydrogens is 240 g/mol. The minimum atomic E-state index is -0.0228. The molecule has 1 aliphatic heterocycles. The molecule has 0 aromatic carbocycles. The molecule has 19 heavy (non-hydrogen) atoms. The van der Waals surface area contributed by atoms with Gasteiger partial charge in [-0.05, 0) is 40.0 Å². The Hall–Kier alpha value is -0.870. The van der Waals surface area contributed by atoms with Crippen molar-refractivity contribution in [2.45, 2.75) is 58.1 Å². The highest BCUT2D eigenvalue weighted by molar-refractivity contribution is 5.04. The number of aromatic nitrogens is 2. The highest BCUT2D eigenvalue weighted by Crippen LogP contribution is 2.34. The normalized spacial score (nSPS) is 22.6. The van der Waals surface area contributed by atoms with Gasteiger partial charge < -0.3 is 14.0 Å². The van der Waals surface area contributed by atoms with Gasteiger partial charge in [0.25, 0.3) is 0 Å². The van der Waals surface area contributed by atoms with Crippen LogP contribution in [-0.2, 0) is 16.0 Å². The number of hydrogen-bond acceptors (Lipinski definition) is 3. The van der Waals surface area contributed by atoms with Crippen LogP contribution in [0, 0.1) is 0 Å². The SMILES string of the molecule is CCOCCCn1ccnc1[C@@H]1CCOC(C)(C)C1. The largest absolute Gasteiger partial charge is 0.382 e. The fourth-order valence-corrected chi connectivity index (χ4v) is 2.80. The molecule has 0 amide bonds. The van der Waals surface area contributed by atoms with E-state index in [-0.39, 0.29) is 5.60 Å².